The van der Waals surface area contributed by atoms with E-state index in [9.17, 15) is 5.11 Å². The third kappa shape index (κ3) is 5.38. The van der Waals surface area contributed by atoms with Crippen molar-refractivity contribution in [1.82, 2.24) is 9.80 Å². The third-order valence-corrected chi connectivity index (χ3v) is 4.72. The molecular formula is C21H28N2O2. The quantitative estimate of drug-likeness (QED) is 0.840. The maximum absolute atomic E-state index is 10.4. The summed E-state index contributed by atoms with van der Waals surface area (Å²) in [4.78, 5) is 4.63. The first-order chi connectivity index (χ1) is 12.2. The summed E-state index contributed by atoms with van der Waals surface area (Å²) in [5, 5.41) is 10.4. The SMILES string of the molecule is CN1CCN(C[C@H](O)COC(c2ccccc2)c2ccccc2)CC1. The molecule has 134 valence electrons. The van der Waals surface area contributed by atoms with Crippen molar-refractivity contribution in [2.75, 3.05) is 46.4 Å². The molecule has 1 N–H and O–H groups in total. The number of hydrogen-bond acceptors (Lipinski definition) is 4. The van der Waals surface area contributed by atoms with Crippen LogP contribution in [0, 0.1) is 0 Å². The summed E-state index contributed by atoms with van der Waals surface area (Å²) < 4.78 is 6.15. The van der Waals surface area contributed by atoms with E-state index < -0.39 is 6.10 Å². The van der Waals surface area contributed by atoms with E-state index in [2.05, 4.69) is 41.1 Å². The van der Waals surface area contributed by atoms with Crippen LogP contribution < -0.4 is 0 Å². The van der Waals surface area contributed by atoms with Crippen molar-refractivity contribution < 1.29 is 9.84 Å². The second-order valence-electron chi connectivity index (χ2n) is 6.79. The Kier molecular flexibility index (Phi) is 6.59. The van der Waals surface area contributed by atoms with E-state index in [1.165, 1.54) is 0 Å². The summed E-state index contributed by atoms with van der Waals surface area (Å²) in [7, 11) is 2.14. The number of ether oxygens (including phenoxy) is 1. The highest BCUT2D eigenvalue weighted by atomic mass is 16.5. The third-order valence-electron chi connectivity index (χ3n) is 4.72. The van der Waals surface area contributed by atoms with Crippen LogP contribution in [0.15, 0.2) is 60.7 Å². The summed E-state index contributed by atoms with van der Waals surface area (Å²) in [5.74, 6) is 0. The second kappa shape index (κ2) is 9.11. The van der Waals surface area contributed by atoms with Gasteiger partial charge in [0.25, 0.3) is 0 Å². The van der Waals surface area contributed by atoms with Crippen LogP contribution >= 0.6 is 0 Å². The van der Waals surface area contributed by atoms with E-state index >= 15 is 0 Å². The molecule has 4 heteroatoms. The number of rotatable bonds is 7. The molecule has 0 radical (unpaired) electrons. The number of benzene rings is 2. The minimum absolute atomic E-state index is 0.149. The van der Waals surface area contributed by atoms with Gasteiger partial charge in [0.15, 0.2) is 0 Å². The van der Waals surface area contributed by atoms with Crippen LogP contribution in [0.25, 0.3) is 0 Å². The van der Waals surface area contributed by atoms with Gasteiger partial charge in [0, 0.05) is 32.7 Å². The van der Waals surface area contributed by atoms with Gasteiger partial charge in [-0.25, -0.2) is 0 Å². The average Bonchev–Trinajstić information content (AvgIpc) is 2.66. The summed E-state index contributed by atoms with van der Waals surface area (Å²) in [5.41, 5.74) is 2.22. The topological polar surface area (TPSA) is 35.9 Å². The molecule has 2 aromatic rings. The van der Waals surface area contributed by atoms with Crippen LogP contribution in [0.5, 0.6) is 0 Å². The van der Waals surface area contributed by atoms with Gasteiger partial charge < -0.3 is 14.7 Å². The molecule has 1 aliphatic rings. The molecule has 1 atom stereocenters. The number of hydrogen-bond donors (Lipinski definition) is 1. The lowest BCUT2D eigenvalue weighted by molar-refractivity contribution is -0.0134. The van der Waals surface area contributed by atoms with Gasteiger partial charge in [-0.2, -0.15) is 0 Å². The Balaban J connectivity index is 1.59. The smallest absolute Gasteiger partial charge is 0.108 e. The molecule has 1 heterocycles. The maximum atomic E-state index is 10.4. The van der Waals surface area contributed by atoms with Crippen molar-refractivity contribution in [3.8, 4) is 0 Å². The Morgan fingerprint density at radius 2 is 1.40 bits per heavy atom. The molecule has 25 heavy (non-hydrogen) atoms. The van der Waals surface area contributed by atoms with Gasteiger partial charge in [-0.3, -0.25) is 4.90 Å². The van der Waals surface area contributed by atoms with Crippen LogP contribution in [-0.2, 0) is 4.74 Å². The van der Waals surface area contributed by atoms with E-state index in [1.54, 1.807) is 0 Å². The zero-order valence-electron chi connectivity index (χ0n) is 14.9. The molecule has 0 aromatic heterocycles. The molecule has 1 saturated heterocycles. The number of likely N-dealkylation sites (N-methyl/N-ethyl adjacent to an activating group) is 1. The summed E-state index contributed by atoms with van der Waals surface area (Å²) in [6.07, 6.45) is -0.622. The van der Waals surface area contributed by atoms with Crippen molar-refractivity contribution >= 4 is 0 Å². The van der Waals surface area contributed by atoms with Gasteiger partial charge in [-0.05, 0) is 18.2 Å². The molecule has 0 unspecified atom stereocenters. The Hall–Kier alpha value is -1.72. The largest absolute Gasteiger partial charge is 0.389 e. The highest BCUT2D eigenvalue weighted by Gasteiger charge is 2.20. The number of aliphatic hydroxyl groups excluding tert-OH is 1. The first-order valence-electron chi connectivity index (χ1n) is 9.03. The summed E-state index contributed by atoms with van der Waals surface area (Å²) in [6.45, 7) is 5.14. The Morgan fingerprint density at radius 1 is 0.880 bits per heavy atom. The van der Waals surface area contributed by atoms with Gasteiger partial charge in [0.1, 0.15) is 6.10 Å². The van der Waals surface area contributed by atoms with E-state index in [0.29, 0.717) is 13.2 Å². The Morgan fingerprint density at radius 3 is 1.92 bits per heavy atom. The van der Waals surface area contributed by atoms with Crippen molar-refractivity contribution in [1.29, 1.82) is 0 Å². The van der Waals surface area contributed by atoms with Gasteiger partial charge >= 0.3 is 0 Å². The van der Waals surface area contributed by atoms with Crippen LogP contribution in [0.3, 0.4) is 0 Å². The number of nitrogens with zero attached hydrogens (tertiary/aromatic N) is 2. The molecule has 2 aromatic carbocycles. The molecule has 0 aliphatic carbocycles. The summed E-state index contributed by atoms with van der Waals surface area (Å²) in [6, 6.07) is 20.4. The van der Waals surface area contributed by atoms with Crippen LogP contribution in [0.4, 0.5) is 0 Å². The highest BCUT2D eigenvalue weighted by molar-refractivity contribution is 5.29. The number of piperazine rings is 1. The summed E-state index contributed by atoms with van der Waals surface area (Å²) >= 11 is 0. The number of β-amino-alcohol motifs (C(OH)–C–C–N with tert-alkyl or cyclic N) is 1. The second-order valence-corrected chi connectivity index (χ2v) is 6.79. The van der Waals surface area contributed by atoms with Crippen molar-refractivity contribution in [3.63, 3.8) is 0 Å². The zero-order chi connectivity index (χ0) is 17.5. The van der Waals surface area contributed by atoms with E-state index in [-0.39, 0.29) is 6.10 Å². The lowest BCUT2D eigenvalue weighted by Crippen LogP contribution is -2.47. The minimum Gasteiger partial charge on any atom is -0.389 e. The Labute approximate surface area is 150 Å². The molecule has 4 nitrogen and oxygen atoms in total. The van der Waals surface area contributed by atoms with Gasteiger partial charge in [-0.15, -0.1) is 0 Å². The zero-order valence-corrected chi connectivity index (χ0v) is 14.9. The van der Waals surface area contributed by atoms with Crippen molar-refractivity contribution in [2.24, 2.45) is 0 Å². The molecule has 3 rings (SSSR count). The van der Waals surface area contributed by atoms with Crippen LogP contribution in [0.2, 0.25) is 0 Å². The Bertz CT molecular complexity index is 573. The van der Waals surface area contributed by atoms with E-state index in [0.717, 1.165) is 37.3 Å². The van der Waals surface area contributed by atoms with Crippen LogP contribution in [0.1, 0.15) is 17.2 Å². The minimum atomic E-state index is -0.474. The fraction of sp³-hybridized carbons (Fsp3) is 0.429. The molecule has 0 amide bonds. The molecule has 0 bridgehead atoms. The molecule has 0 saturated carbocycles. The fourth-order valence-electron chi connectivity index (χ4n) is 3.23. The monoisotopic (exact) mass is 340 g/mol. The molecule has 1 fully saturated rings. The standard InChI is InChI=1S/C21H28N2O2/c1-22-12-14-23(15-13-22)16-20(24)17-25-21(18-8-4-2-5-9-18)19-10-6-3-7-11-19/h2-11,20-21,24H,12-17H2,1H3/t20-/m0/s1. The normalized spacial score (nSPS) is 17.7. The fourth-order valence-corrected chi connectivity index (χ4v) is 3.23. The molecule has 1 aliphatic heterocycles. The molecular weight excluding hydrogens is 312 g/mol. The van der Waals surface area contributed by atoms with Crippen LogP contribution in [-0.4, -0.2) is 67.4 Å². The molecule has 0 spiro atoms. The number of aliphatic hydroxyl groups is 1. The maximum Gasteiger partial charge on any atom is 0.108 e. The van der Waals surface area contributed by atoms with Gasteiger partial charge in [0.2, 0.25) is 0 Å². The lowest BCUT2D eigenvalue weighted by atomic mass is 10.0. The predicted octanol–water partition coefficient (Wildman–Crippen LogP) is 2.40. The first-order valence-corrected chi connectivity index (χ1v) is 9.03. The van der Waals surface area contributed by atoms with E-state index in [1.807, 2.05) is 36.4 Å². The highest BCUT2D eigenvalue weighted by Crippen LogP contribution is 2.25. The first kappa shape index (κ1) is 18.1. The van der Waals surface area contributed by atoms with Gasteiger partial charge in [0.05, 0.1) is 12.7 Å². The van der Waals surface area contributed by atoms with Crippen molar-refractivity contribution in [3.05, 3.63) is 71.8 Å². The predicted molar refractivity (Wildman–Crippen MR) is 101 cm³/mol. The van der Waals surface area contributed by atoms with Gasteiger partial charge in [-0.1, -0.05) is 60.7 Å². The van der Waals surface area contributed by atoms with Crippen molar-refractivity contribution in [2.45, 2.75) is 12.2 Å². The average molecular weight is 340 g/mol. The van der Waals surface area contributed by atoms with E-state index in [4.69, 9.17) is 4.74 Å². The lowest BCUT2D eigenvalue weighted by Gasteiger charge is -2.33.